The second kappa shape index (κ2) is 4.19. The number of nitrogens with one attached hydrogen (secondary N) is 1. The number of hydrogen-bond acceptors (Lipinski definition) is 4. The van der Waals surface area contributed by atoms with Gasteiger partial charge in [-0.05, 0) is 36.5 Å². The number of aryl methyl sites for hydroxylation is 1. The zero-order valence-electron chi connectivity index (χ0n) is 12.7. The number of H-pyrrole nitrogens is 1. The highest BCUT2D eigenvalue weighted by atomic mass is 16.5. The lowest BCUT2D eigenvalue weighted by Gasteiger charge is -2.09. The van der Waals surface area contributed by atoms with Gasteiger partial charge in [-0.2, -0.15) is 0 Å². The molecule has 0 saturated carbocycles. The molecule has 0 spiro atoms. The largest absolute Gasteiger partial charge is 0.496 e. The van der Waals surface area contributed by atoms with Gasteiger partial charge in [0, 0.05) is 22.7 Å². The van der Waals surface area contributed by atoms with E-state index in [1.54, 1.807) is 19.4 Å². The van der Waals surface area contributed by atoms with Crippen LogP contribution in [0.4, 0.5) is 0 Å². The van der Waals surface area contributed by atoms with Crippen molar-refractivity contribution in [2.24, 2.45) is 0 Å². The van der Waals surface area contributed by atoms with Crippen LogP contribution in [0.5, 0.6) is 5.75 Å². The van der Waals surface area contributed by atoms with Crippen molar-refractivity contribution >= 4 is 33.5 Å². The van der Waals surface area contributed by atoms with Crippen LogP contribution in [-0.2, 0) is 12.8 Å². The highest BCUT2D eigenvalue weighted by molar-refractivity contribution is 6.33. The normalized spacial score (nSPS) is 16.4. The number of aromatic amines is 1. The average molecular weight is 306 g/mol. The molecule has 0 aliphatic heterocycles. The molecule has 1 N–H and O–H groups in total. The number of nitrogens with zero attached hydrogens (tertiary/aromatic N) is 1. The molecular formula is C18H14N2O3. The van der Waals surface area contributed by atoms with Crippen LogP contribution >= 0.6 is 0 Å². The summed E-state index contributed by atoms with van der Waals surface area (Å²) in [5.74, 6) is 0.548. The summed E-state index contributed by atoms with van der Waals surface area (Å²) >= 11 is 0. The van der Waals surface area contributed by atoms with Gasteiger partial charge >= 0.3 is 0 Å². The first-order valence-corrected chi connectivity index (χ1v) is 7.79. The fraction of sp³-hybridized carbons (Fsp3) is 0.278. The van der Waals surface area contributed by atoms with Crippen molar-refractivity contribution in [3.63, 3.8) is 0 Å². The molecule has 0 atom stereocenters. The summed E-state index contributed by atoms with van der Waals surface area (Å²) in [5, 5.41) is 1.62. The summed E-state index contributed by atoms with van der Waals surface area (Å²) in [6, 6.07) is 1.79. The van der Waals surface area contributed by atoms with Gasteiger partial charge in [0.25, 0.3) is 0 Å². The number of carbonyl (C=O) groups excluding carboxylic acids is 2. The van der Waals surface area contributed by atoms with Crippen LogP contribution in [0.25, 0.3) is 21.9 Å². The first-order chi connectivity index (χ1) is 11.2. The van der Waals surface area contributed by atoms with Crippen molar-refractivity contribution in [2.45, 2.75) is 25.7 Å². The number of Topliss-reactive ketones (excluding diaryl/α,β-unsaturated/α-hetero) is 2. The monoisotopic (exact) mass is 306 g/mol. The maximum atomic E-state index is 12.5. The average Bonchev–Trinajstić information content (AvgIpc) is 3.22. The smallest absolute Gasteiger partial charge is 0.172 e. The van der Waals surface area contributed by atoms with Crippen LogP contribution < -0.4 is 4.74 Å². The van der Waals surface area contributed by atoms with E-state index in [0.717, 1.165) is 41.1 Å². The molecule has 0 bridgehead atoms. The second-order valence-corrected chi connectivity index (χ2v) is 6.20. The van der Waals surface area contributed by atoms with E-state index in [1.165, 1.54) is 5.56 Å². The molecule has 0 amide bonds. The third-order valence-corrected chi connectivity index (χ3v) is 5.08. The van der Waals surface area contributed by atoms with Crippen molar-refractivity contribution in [2.75, 3.05) is 7.11 Å². The Hall–Kier alpha value is -2.69. The molecule has 5 rings (SSSR count). The number of aromatic nitrogens is 2. The Labute approximate surface area is 131 Å². The van der Waals surface area contributed by atoms with Crippen molar-refractivity contribution in [1.29, 1.82) is 0 Å². The number of methoxy groups -OCH3 is 1. The Morgan fingerprint density at radius 1 is 1.09 bits per heavy atom. The first kappa shape index (κ1) is 12.8. The van der Waals surface area contributed by atoms with Gasteiger partial charge in [0.05, 0.1) is 24.4 Å². The predicted octanol–water partition coefficient (Wildman–Crippen LogP) is 2.98. The minimum atomic E-state index is -0.0866. The van der Waals surface area contributed by atoms with Crippen molar-refractivity contribution in [3.8, 4) is 5.75 Å². The van der Waals surface area contributed by atoms with Crippen LogP contribution in [0.1, 0.15) is 44.7 Å². The summed E-state index contributed by atoms with van der Waals surface area (Å²) in [4.78, 5) is 32.7. The van der Waals surface area contributed by atoms with Crippen LogP contribution in [0.3, 0.4) is 0 Å². The molecule has 2 aliphatic rings. The molecular weight excluding hydrogens is 292 g/mol. The molecule has 5 nitrogen and oxygen atoms in total. The van der Waals surface area contributed by atoms with Crippen molar-refractivity contribution in [1.82, 2.24) is 9.97 Å². The Bertz CT molecular complexity index is 1050. The fourth-order valence-corrected chi connectivity index (χ4v) is 4.21. The van der Waals surface area contributed by atoms with Gasteiger partial charge in [-0.1, -0.05) is 0 Å². The maximum Gasteiger partial charge on any atom is 0.172 e. The molecule has 114 valence electrons. The lowest BCUT2D eigenvalue weighted by molar-refractivity contribution is 0.0923. The van der Waals surface area contributed by atoms with E-state index in [4.69, 9.17) is 4.74 Å². The Balaban J connectivity index is 2.10. The van der Waals surface area contributed by atoms with Gasteiger partial charge in [0.2, 0.25) is 0 Å². The standard InChI is InChI=1S/C18H14N2O3/c1-23-12-5-6-19-18-15(12)16-14-11(22)7-10(21)13(14)8-3-2-4-9(8)17(16)20-18/h5-6H,2-4,7H2,1H3,(H,19,20). The molecule has 0 fully saturated rings. The highest BCUT2D eigenvalue weighted by Crippen LogP contribution is 2.44. The van der Waals surface area contributed by atoms with E-state index in [-0.39, 0.29) is 18.0 Å². The number of fused-ring (bicyclic) bond motifs is 8. The number of benzene rings is 1. The fourth-order valence-electron chi connectivity index (χ4n) is 4.21. The van der Waals surface area contributed by atoms with Crippen LogP contribution in [0.2, 0.25) is 0 Å². The number of carbonyl (C=O) groups is 2. The lowest BCUT2D eigenvalue weighted by atomic mass is 9.94. The molecule has 0 unspecified atom stereocenters. The van der Waals surface area contributed by atoms with E-state index >= 15 is 0 Å². The number of rotatable bonds is 1. The Morgan fingerprint density at radius 2 is 1.87 bits per heavy atom. The third-order valence-electron chi connectivity index (χ3n) is 5.08. The SMILES string of the molecule is COc1ccnc2[nH]c3c4c(c5c(c3c12)C(=O)CC5=O)CCC4. The summed E-state index contributed by atoms with van der Waals surface area (Å²) in [5.41, 5.74) is 5.11. The van der Waals surface area contributed by atoms with E-state index in [1.807, 2.05) is 0 Å². The van der Waals surface area contributed by atoms with Crippen LogP contribution in [0, 0.1) is 0 Å². The van der Waals surface area contributed by atoms with Gasteiger partial charge in [0.1, 0.15) is 11.4 Å². The van der Waals surface area contributed by atoms with Gasteiger partial charge in [-0.15, -0.1) is 0 Å². The zero-order chi connectivity index (χ0) is 15.7. The summed E-state index contributed by atoms with van der Waals surface area (Å²) < 4.78 is 5.48. The van der Waals surface area contributed by atoms with E-state index in [2.05, 4.69) is 9.97 Å². The molecule has 2 heterocycles. The van der Waals surface area contributed by atoms with Crippen molar-refractivity contribution < 1.29 is 14.3 Å². The molecule has 0 radical (unpaired) electrons. The topological polar surface area (TPSA) is 72.0 Å². The quantitative estimate of drug-likeness (QED) is 0.702. The van der Waals surface area contributed by atoms with Crippen molar-refractivity contribution in [3.05, 3.63) is 34.5 Å². The molecule has 5 heteroatoms. The number of ether oxygens (including phenoxy) is 1. The predicted molar refractivity (Wildman–Crippen MR) is 85.5 cm³/mol. The molecule has 2 aliphatic carbocycles. The number of pyridine rings is 1. The Morgan fingerprint density at radius 3 is 2.70 bits per heavy atom. The minimum absolute atomic E-state index is 0.0177. The molecule has 23 heavy (non-hydrogen) atoms. The lowest BCUT2D eigenvalue weighted by Crippen LogP contribution is -2.00. The molecule has 3 aromatic rings. The van der Waals surface area contributed by atoms with Gasteiger partial charge in [-0.3, -0.25) is 9.59 Å². The molecule has 1 aromatic carbocycles. The molecule has 2 aromatic heterocycles. The number of hydrogen-bond donors (Lipinski definition) is 1. The summed E-state index contributed by atoms with van der Waals surface area (Å²) in [6.45, 7) is 0. The minimum Gasteiger partial charge on any atom is -0.496 e. The van der Waals surface area contributed by atoms with Gasteiger partial charge in [0.15, 0.2) is 11.6 Å². The highest BCUT2D eigenvalue weighted by Gasteiger charge is 2.37. The maximum absolute atomic E-state index is 12.5. The van der Waals surface area contributed by atoms with E-state index < -0.39 is 0 Å². The summed E-state index contributed by atoms with van der Waals surface area (Å²) in [6.07, 6.45) is 4.48. The second-order valence-electron chi connectivity index (χ2n) is 6.20. The van der Waals surface area contributed by atoms with Crippen LogP contribution in [-0.4, -0.2) is 28.6 Å². The number of ketones is 2. The first-order valence-electron chi connectivity index (χ1n) is 7.79. The van der Waals surface area contributed by atoms with E-state index in [9.17, 15) is 9.59 Å². The van der Waals surface area contributed by atoms with Gasteiger partial charge in [-0.25, -0.2) is 4.98 Å². The van der Waals surface area contributed by atoms with E-state index in [0.29, 0.717) is 22.5 Å². The molecule has 0 saturated heterocycles. The zero-order valence-corrected chi connectivity index (χ0v) is 12.7. The van der Waals surface area contributed by atoms with Crippen LogP contribution in [0.15, 0.2) is 12.3 Å². The van der Waals surface area contributed by atoms with Gasteiger partial charge < -0.3 is 9.72 Å². The third kappa shape index (κ3) is 1.44. The Kier molecular flexibility index (Phi) is 2.33. The summed E-state index contributed by atoms with van der Waals surface area (Å²) in [7, 11) is 1.61.